The molecule has 144 valence electrons. The molecule has 1 aliphatic rings. The van der Waals surface area contributed by atoms with Crippen LogP contribution in [0.5, 0.6) is 0 Å². The molecule has 1 heterocycles. The van der Waals surface area contributed by atoms with Crippen molar-refractivity contribution in [3.8, 4) is 0 Å². The Morgan fingerprint density at radius 3 is 2.74 bits per heavy atom. The second-order valence-corrected chi connectivity index (χ2v) is 9.13. The molecule has 1 atom stereocenters. The molecule has 1 aliphatic carbocycles. The summed E-state index contributed by atoms with van der Waals surface area (Å²) >= 11 is 1.18. The third-order valence-electron chi connectivity index (χ3n) is 4.48. The molecule has 1 unspecified atom stereocenters. The molecule has 0 aliphatic heterocycles. The molecular formula is C17H18N2O6S2. The molecule has 27 heavy (non-hydrogen) atoms. The zero-order chi connectivity index (χ0) is 19.8. The lowest BCUT2D eigenvalue weighted by Crippen LogP contribution is -2.17. The van der Waals surface area contributed by atoms with Crippen LogP contribution in [0, 0.1) is 16.0 Å². The van der Waals surface area contributed by atoms with Crippen molar-refractivity contribution >= 4 is 38.0 Å². The van der Waals surface area contributed by atoms with Gasteiger partial charge in [-0.2, -0.15) is 0 Å². The summed E-state index contributed by atoms with van der Waals surface area (Å²) in [4.78, 5) is 23.2. The third kappa shape index (κ3) is 3.67. The molecule has 0 fully saturated rings. The minimum Gasteiger partial charge on any atom is -0.465 e. The Morgan fingerprint density at radius 1 is 1.37 bits per heavy atom. The molecule has 0 saturated heterocycles. The number of hydrogen-bond acceptors (Lipinski definition) is 7. The van der Waals surface area contributed by atoms with E-state index >= 15 is 0 Å². The fraction of sp³-hybridized carbons (Fsp3) is 0.353. The number of anilines is 1. The van der Waals surface area contributed by atoms with Gasteiger partial charge < -0.3 is 4.74 Å². The van der Waals surface area contributed by atoms with Crippen molar-refractivity contribution in [3.63, 3.8) is 0 Å². The van der Waals surface area contributed by atoms with Crippen LogP contribution in [0.15, 0.2) is 29.2 Å². The smallest absolute Gasteiger partial charge is 0.341 e. The van der Waals surface area contributed by atoms with Crippen molar-refractivity contribution in [2.75, 3.05) is 11.8 Å². The Morgan fingerprint density at radius 2 is 2.07 bits per heavy atom. The van der Waals surface area contributed by atoms with E-state index in [-0.39, 0.29) is 10.6 Å². The van der Waals surface area contributed by atoms with Crippen LogP contribution in [0.3, 0.4) is 0 Å². The summed E-state index contributed by atoms with van der Waals surface area (Å²) in [5, 5.41) is 11.3. The van der Waals surface area contributed by atoms with Crippen molar-refractivity contribution in [3.05, 3.63) is 50.4 Å². The van der Waals surface area contributed by atoms with Gasteiger partial charge in [0.2, 0.25) is 0 Å². The van der Waals surface area contributed by atoms with Crippen LogP contribution >= 0.6 is 11.3 Å². The maximum absolute atomic E-state index is 12.8. The fourth-order valence-corrected chi connectivity index (χ4v) is 6.03. The van der Waals surface area contributed by atoms with Gasteiger partial charge >= 0.3 is 5.97 Å². The highest BCUT2D eigenvalue weighted by Crippen LogP contribution is 2.41. The molecule has 1 aromatic carbocycles. The molecule has 10 heteroatoms. The highest BCUT2D eigenvalue weighted by molar-refractivity contribution is 7.93. The lowest BCUT2D eigenvalue weighted by Gasteiger charge is -2.18. The summed E-state index contributed by atoms with van der Waals surface area (Å²) in [6.07, 6.45) is 2.30. The van der Waals surface area contributed by atoms with Crippen molar-refractivity contribution in [2.24, 2.45) is 5.92 Å². The number of methoxy groups -OCH3 is 1. The number of rotatable bonds is 5. The number of carbonyl (C=O) groups excluding carboxylic acids is 1. The van der Waals surface area contributed by atoms with Gasteiger partial charge in [0, 0.05) is 10.9 Å². The average molecular weight is 410 g/mol. The van der Waals surface area contributed by atoms with Gasteiger partial charge in [-0.3, -0.25) is 14.8 Å². The SMILES string of the molecule is COC(=O)c1c(NS(=O)(=O)c2ccccc2[N+](=O)[O-])sc2c1CCC(C)C2. The van der Waals surface area contributed by atoms with E-state index in [4.69, 9.17) is 4.74 Å². The quantitative estimate of drug-likeness (QED) is 0.459. The van der Waals surface area contributed by atoms with Crippen molar-refractivity contribution in [2.45, 2.75) is 31.1 Å². The number of para-hydroxylation sites is 1. The number of nitrogens with one attached hydrogen (secondary N) is 1. The Balaban J connectivity index is 2.08. The molecule has 0 spiro atoms. The number of nitrogens with zero attached hydrogens (tertiary/aromatic N) is 1. The van der Waals surface area contributed by atoms with E-state index in [2.05, 4.69) is 11.6 Å². The van der Waals surface area contributed by atoms with Gasteiger partial charge in [0.05, 0.1) is 17.6 Å². The Labute approximate surface area is 160 Å². The second kappa shape index (κ2) is 7.28. The van der Waals surface area contributed by atoms with Crippen LogP contribution in [0.1, 0.15) is 34.1 Å². The van der Waals surface area contributed by atoms with Gasteiger partial charge in [-0.05, 0) is 36.8 Å². The zero-order valence-electron chi connectivity index (χ0n) is 14.7. The average Bonchev–Trinajstić information content (AvgIpc) is 2.97. The number of ether oxygens (including phenoxy) is 1. The zero-order valence-corrected chi connectivity index (χ0v) is 16.4. The maximum Gasteiger partial charge on any atom is 0.341 e. The van der Waals surface area contributed by atoms with E-state index in [1.807, 2.05) is 0 Å². The highest BCUT2D eigenvalue weighted by atomic mass is 32.2. The maximum atomic E-state index is 12.8. The number of hydrogen-bond donors (Lipinski definition) is 1. The molecular weight excluding hydrogens is 392 g/mol. The van der Waals surface area contributed by atoms with E-state index in [0.717, 1.165) is 35.4 Å². The molecule has 0 bridgehead atoms. The van der Waals surface area contributed by atoms with Crippen LogP contribution < -0.4 is 4.72 Å². The third-order valence-corrected chi connectivity index (χ3v) is 7.18. The van der Waals surface area contributed by atoms with Gasteiger partial charge in [-0.15, -0.1) is 11.3 Å². The molecule has 0 saturated carbocycles. The summed E-state index contributed by atoms with van der Waals surface area (Å²) in [7, 11) is -3.02. The number of thiophene rings is 1. The van der Waals surface area contributed by atoms with Gasteiger partial charge in [0.1, 0.15) is 5.00 Å². The van der Waals surface area contributed by atoms with E-state index in [9.17, 15) is 23.3 Å². The number of sulfonamides is 1. The molecule has 3 rings (SSSR count). The topological polar surface area (TPSA) is 116 Å². The number of benzene rings is 1. The van der Waals surface area contributed by atoms with Crippen molar-refractivity contribution in [1.82, 2.24) is 0 Å². The number of esters is 1. The van der Waals surface area contributed by atoms with E-state index in [0.29, 0.717) is 12.3 Å². The molecule has 1 N–H and O–H groups in total. The predicted molar refractivity (Wildman–Crippen MR) is 101 cm³/mol. The summed E-state index contributed by atoms with van der Waals surface area (Å²) < 4.78 is 32.8. The molecule has 2 aromatic rings. The van der Waals surface area contributed by atoms with Gasteiger partial charge in [-0.1, -0.05) is 19.1 Å². The van der Waals surface area contributed by atoms with Crippen molar-refractivity contribution in [1.29, 1.82) is 0 Å². The first kappa shape index (κ1) is 19.3. The van der Waals surface area contributed by atoms with E-state index in [1.165, 1.54) is 30.6 Å². The molecule has 0 amide bonds. The van der Waals surface area contributed by atoms with Gasteiger partial charge in [-0.25, -0.2) is 13.2 Å². The number of carbonyl (C=O) groups is 1. The molecule has 1 aromatic heterocycles. The molecule has 0 radical (unpaired) electrons. The fourth-order valence-electron chi connectivity index (χ4n) is 3.15. The first-order chi connectivity index (χ1) is 12.7. The van der Waals surface area contributed by atoms with Crippen molar-refractivity contribution < 1.29 is 22.9 Å². The Hall–Kier alpha value is -2.46. The highest BCUT2D eigenvalue weighted by Gasteiger charge is 2.32. The molecule has 8 nitrogen and oxygen atoms in total. The Kier molecular flexibility index (Phi) is 5.20. The van der Waals surface area contributed by atoms with E-state index < -0.39 is 31.5 Å². The summed E-state index contributed by atoms with van der Waals surface area (Å²) in [5.74, 6) is -0.191. The largest absolute Gasteiger partial charge is 0.465 e. The summed E-state index contributed by atoms with van der Waals surface area (Å²) in [6.45, 7) is 2.09. The van der Waals surface area contributed by atoms with Crippen LogP contribution in [0.4, 0.5) is 10.7 Å². The van der Waals surface area contributed by atoms with Crippen LogP contribution in [-0.2, 0) is 27.6 Å². The second-order valence-electron chi connectivity index (χ2n) is 6.38. The normalized spacial score (nSPS) is 16.4. The van der Waals surface area contributed by atoms with Crippen LogP contribution in [0.25, 0.3) is 0 Å². The Bertz CT molecular complexity index is 1010. The number of nitro groups is 1. The first-order valence-corrected chi connectivity index (χ1v) is 10.5. The van der Waals surface area contributed by atoms with Crippen LogP contribution in [0.2, 0.25) is 0 Å². The standard InChI is InChI=1S/C17H18N2O6S2/c1-10-7-8-11-13(9-10)26-16(15(11)17(20)25-2)18-27(23,24)14-6-4-3-5-12(14)19(21)22/h3-6,10,18H,7-9H2,1-2H3. The predicted octanol–water partition coefficient (Wildman–Crippen LogP) is 3.37. The first-order valence-electron chi connectivity index (χ1n) is 8.23. The minimum absolute atomic E-state index is 0.138. The lowest BCUT2D eigenvalue weighted by molar-refractivity contribution is -0.387. The summed E-state index contributed by atoms with van der Waals surface area (Å²) in [6, 6.07) is 5.08. The minimum atomic E-state index is -4.26. The summed E-state index contributed by atoms with van der Waals surface area (Å²) in [5.41, 5.74) is 0.469. The van der Waals surface area contributed by atoms with Gasteiger partial charge in [0.15, 0.2) is 4.90 Å². The van der Waals surface area contributed by atoms with E-state index in [1.54, 1.807) is 0 Å². The monoisotopic (exact) mass is 410 g/mol. The van der Waals surface area contributed by atoms with Gasteiger partial charge in [0.25, 0.3) is 15.7 Å². The lowest BCUT2D eigenvalue weighted by atomic mass is 9.88. The number of nitro benzene ring substituents is 1. The van der Waals surface area contributed by atoms with Crippen LogP contribution in [-0.4, -0.2) is 26.4 Å². The number of fused-ring (bicyclic) bond motifs is 1.